The van der Waals surface area contributed by atoms with Crippen LogP contribution in [0.25, 0.3) is 10.9 Å². The minimum atomic E-state index is -3.51. The van der Waals surface area contributed by atoms with Crippen LogP contribution in [-0.2, 0) is 10.0 Å². The van der Waals surface area contributed by atoms with Crippen molar-refractivity contribution >= 4 is 26.6 Å². The van der Waals surface area contributed by atoms with Gasteiger partial charge in [0, 0.05) is 28.8 Å². The van der Waals surface area contributed by atoms with Crippen LogP contribution < -0.4 is 10.5 Å². The molecule has 1 aliphatic carbocycles. The Morgan fingerprint density at radius 1 is 1.24 bits per heavy atom. The van der Waals surface area contributed by atoms with Gasteiger partial charge in [0.15, 0.2) is 0 Å². The van der Waals surface area contributed by atoms with Crippen LogP contribution in [0, 0.1) is 5.92 Å². The topological polar surface area (TPSA) is 88.0 Å². The van der Waals surface area contributed by atoms with Gasteiger partial charge in [0.05, 0.1) is 0 Å². The molecule has 0 bridgehead atoms. The first kappa shape index (κ1) is 14.4. The number of rotatable bonds is 3. The van der Waals surface area contributed by atoms with Gasteiger partial charge in [0.25, 0.3) is 0 Å². The molecular weight excluding hydrogens is 286 g/mol. The number of sulfonamides is 1. The first-order valence-electron chi connectivity index (χ1n) is 7.34. The van der Waals surface area contributed by atoms with Crippen LogP contribution >= 0.6 is 0 Å². The molecule has 0 saturated heterocycles. The number of aromatic nitrogens is 1. The van der Waals surface area contributed by atoms with E-state index in [2.05, 4.69) is 16.6 Å². The first-order valence-corrected chi connectivity index (χ1v) is 8.83. The SMILES string of the molecule is CC1CCC(NS(=O)(=O)c2c[nH]c3ccc(N)cc23)CC1. The van der Waals surface area contributed by atoms with Crippen molar-refractivity contribution in [1.82, 2.24) is 9.71 Å². The third kappa shape index (κ3) is 2.91. The number of anilines is 1. The van der Waals surface area contributed by atoms with Crippen LogP contribution in [0.1, 0.15) is 32.6 Å². The molecule has 0 aliphatic heterocycles. The lowest BCUT2D eigenvalue weighted by atomic mass is 9.88. The van der Waals surface area contributed by atoms with Gasteiger partial charge >= 0.3 is 0 Å². The third-order valence-electron chi connectivity index (χ3n) is 4.30. The van der Waals surface area contributed by atoms with E-state index in [-0.39, 0.29) is 10.9 Å². The zero-order valence-corrected chi connectivity index (χ0v) is 12.9. The lowest BCUT2D eigenvalue weighted by Gasteiger charge is -2.26. The predicted octanol–water partition coefficient (Wildman–Crippen LogP) is 2.61. The summed E-state index contributed by atoms with van der Waals surface area (Å²) in [4.78, 5) is 3.27. The smallest absolute Gasteiger partial charge is 0.242 e. The number of nitrogen functional groups attached to an aromatic ring is 1. The van der Waals surface area contributed by atoms with Crippen molar-refractivity contribution in [2.75, 3.05) is 5.73 Å². The van der Waals surface area contributed by atoms with E-state index in [1.807, 2.05) is 0 Å². The van der Waals surface area contributed by atoms with Crippen LogP contribution in [0.3, 0.4) is 0 Å². The van der Waals surface area contributed by atoms with Crippen LogP contribution in [-0.4, -0.2) is 19.4 Å². The predicted molar refractivity (Wildman–Crippen MR) is 84.5 cm³/mol. The second kappa shape index (κ2) is 5.35. The fraction of sp³-hybridized carbons (Fsp3) is 0.467. The molecule has 1 aliphatic rings. The number of benzene rings is 1. The van der Waals surface area contributed by atoms with Gasteiger partial charge in [-0.25, -0.2) is 13.1 Å². The fourth-order valence-electron chi connectivity index (χ4n) is 3.00. The Morgan fingerprint density at radius 3 is 2.67 bits per heavy atom. The number of hydrogen-bond acceptors (Lipinski definition) is 3. The number of nitrogens with two attached hydrogens (primary N) is 1. The van der Waals surface area contributed by atoms with Gasteiger partial charge in [-0.05, 0) is 49.8 Å². The summed E-state index contributed by atoms with van der Waals surface area (Å²) in [7, 11) is -3.51. The molecule has 1 heterocycles. The van der Waals surface area contributed by atoms with E-state index in [9.17, 15) is 8.42 Å². The molecule has 0 unspecified atom stereocenters. The Bertz CT molecular complexity index is 743. The summed E-state index contributed by atoms with van der Waals surface area (Å²) < 4.78 is 28.0. The van der Waals surface area contributed by atoms with Gasteiger partial charge in [-0.15, -0.1) is 0 Å². The summed E-state index contributed by atoms with van der Waals surface area (Å²) in [5, 5.41) is 0.645. The van der Waals surface area contributed by atoms with Crippen molar-refractivity contribution in [1.29, 1.82) is 0 Å². The van der Waals surface area contributed by atoms with Crippen molar-refractivity contribution in [3.05, 3.63) is 24.4 Å². The van der Waals surface area contributed by atoms with E-state index in [1.54, 1.807) is 18.2 Å². The molecule has 114 valence electrons. The largest absolute Gasteiger partial charge is 0.399 e. The number of hydrogen-bond donors (Lipinski definition) is 3. The van der Waals surface area contributed by atoms with E-state index in [4.69, 9.17) is 5.73 Å². The Hall–Kier alpha value is -1.53. The maximum atomic E-state index is 12.6. The second-order valence-corrected chi connectivity index (χ2v) is 7.72. The monoisotopic (exact) mass is 307 g/mol. The number of H-pyrrole nitrogens is 1. The quantitative estimate of drug-likeness (QED) is 0.762. The number of fused-ring (bicyclic) bond motifs is 1. The van der Waals surface area contributed by atoms with E-state index in [0.717, 1.165) is 31.2 Å². The van der Waals surface area contributed by atoms with E-state index >= 15 is 0 Å². The molecule has 1 fully saturated rings. The molecule has 1 aromatic heterocycles. The molecule has 0 spiro atoms. The number of aromatic amines is 1. The van der Waals surface area contributed by atoms with Gasteiger partial charge in [-0.3, -0.25) is 0 Å². The second-order valence-electron chi connectivity index (χ2n) is 6.04. The highest BCUT2D eigenvalue weighted by atomic mass is 32.2. The van der Waals surface area contributed by atoms with Crippen LogP contribution in [0.5, 0.6) is 0 Å². The van der Waals surface area contributed by atoms with Gasteiger partial charge in [-0.1, -0.05) is 6.92 Å². The molecule has 0 radical (unpaired) electrons. The van der Waals surface area contributed by atoms with Crippen molar-refractivity contribution in [3.8, 4) is 0 Å². The van der Waals surface area contributed by atoms with Gasteiger partial charge in [0.2, 0.25) is 10.0 Å². The van der Waals surface area contributed by atoms with E-state index < -0.39 is 10.0 Å². The summed E-state index contributed by atoms with van der Waals surface area (Å²) >= 11 is 0. The average molecular weight is 307 g/mol. The molecule has 0 atom stereocenters. The van der Waals surface area contributed by atoms with Gasteiger partial charge in [0.1, 0.15) is 4.90 Å². The minimum absolute atomic E-state index is 0.0391. The molecule has 0 amide bonds. The van der Waals surface area contributed by atoms with Crippen LogP contribution in [0.2, 0.25) is 0 Å². The Labute approximate surface area is 125 Å². The zero-order chi connectivity index (χ0) is 15.0. The minimum Gasteiger partial charge on any atom is -0.399 e. The highest BCUT2D eigenvalue weighted by Crippen LogP contribution is 2.28. The normalized spacial score (nSPS) is 23.5. The zero-order valence-electron chi connectivity index (χ0n) is 12.1. The number of nitrogens with one attached hydrogen (secondary N) is 2. The standard InChI is InChI=1S/C15H21N3O2S/c1-10-2-5-12(6-3-10)18-21(19,20)15-9-17-14-7-4-11(16)8-13(14)15/h4,7-10,12,17-18H,2-3,5-6,16H2,1H3. The Balaban J connectivity index is 1.88. The Kier molecular flexibility index (Phi) is 3.67. The molecule has 5 nitrogen and oxygen atoms in total. The molecule has 1 saturated carbocycles. The van der Waals surface area contributed by atoms with Gasteiger partial charge in [-0.2, -0.15) is 0 Å². The van der Waals surface area contributed by atoms with Crippen molar-refractivity contribution in [2.45, 2.75) is 43.5 Å². The summed E-state index contributed by atoms with van der Waals surface area (Å²) in [6.45, 7) is 2.22. The van der Waals surface area contributed by atoms with Crippen LogP contribution in [0.15, 0.2) is 29.3 Å². The summed E-state index contributed by atoms with van der Waals surface area (Å²) in [5.41, 5.74) is 7.11. The van der Waals surface area contributed by atoms with Gasteiger partial charge < -0.3 is 10.7 Å². The maximum Gasteiger partial charge on any atom is 0.242 e. The van der Waals surface area contributed by atoms with E-state index in [1.165, 1.54) is 6.20 Å². The summed E-state index contributed by atoms with van der Waals surface area (Å²) in [6.07, 6.45) is 5.51. The van der Waals surface area contributed by atoms with Crippen LogP contribution in [0.4, 0.5) is 5.69 Å². The maximum absolute atomic E-state index is 12.6. The summed E-state index contributed by atoms with van der Waals surface area (Å²) in [5.74, 6) is 0.693. The molecule has 2 aromatic rings. The lowest BCUT2D eigenvalue weighted by Crippen LogP contribution is -2.37. The first-order chi connectivity index (χ1) is 9.95. The molecule has 4 N–H and O–H groups in total. The highest BCUT2D eigenvalue weighted by Gasteiger charge is 2.26. The van der Waals surface area contributed by atoms with Crippen molar-refractivity contribution in [2.24, 2.45) is 5.92 Å². The fourth-order valence-corrected chi connectivity index (χ4v) is 4.47. The van der Waals surface area contributed by atoms with E-state index in [0.29, 0.717) is 17.0 Å². The average Bonchev–Trinajstić information content (AvgIpc) is 2.85. The third-order valence-corrected chi connectivity index (χ3v) is 5.86. The van der Waals surface area contributed by atoms with Crippen molar-refractivity contribution < 1.29 is 8.42 Å². The highest BCUT2D eigenvalue weighted by molar-refractivity contribution is 7.89. The molecule has 6 heteroatoms. The molecule has 3 rings (SSSR count). The van der Waals surface area contributed by atoms with Crippen molar-refractivity contribution in [3.63, 3.8) is 0 Å². The summed E-state index contributed by atoms with van der Waals surface area (Å²) in [6, 6.07) is 5.29. The molecular formula is C15H21N3O2S. The Morgan fingerprint density at radius 2 is 1.95 bits per heavy atom. The molecule has 21 heavy (non-hydrogen) atoms. The lowest BCUT2D eigenvalue weighted by molar-refractivity contribution is 0.332. The molecule has 1 aromatic carbocycles.